The SMILES string of the molecule is O=C(NCCCC1CCOCC1)c1ccc2c(c1)OCO2. The van der Waals surface area contributed by atoms with E-state index in [9.17, 15) is 4.79 Å². The summed E-state index contributed by atoms with van der Waals surface area (Å²) >= 11 is 0. The van der Waals surface area contributed by atoms with Gasteiger partial charge in [0.25, 0.3) is 5.91 Å². The Labute approximate surface area is 124 Å². The van der Waals surface area contributed by atoms with E-state index >= 15 is 0 Å². The van der Waals surface area contributed by atoms with Crippen molar-refractivity contribution in [3.05, 3.63) is 23.8 Å². The summed E-state index contributed by atoms with van der Waals surface area (Å²) in [6.07, 6.45) is 4.47. The Morgan fingerprint density at radius 1 is 1.19 bits per heavy atom. The summed E-state index contributed by atoms with van der Waals surface area (Å²) in [4.78, 5) is 12.1. The number of carbonyl (C=O) groups excluding carboxylic acids is 1. The molecule has 21 heavy (non-hydrogen) atoms. The fourth-order valence-electron chi connectivity index (χ4n) is 2.77. The number of hydrogen-bond donors (Lipinski definition) is 1. The molecule has 0 aromatic heterocycles. The molecular weight excluding hydrogens is 270 g/mol. The lowest BCUT2D eigenvalue weighted by Gasteiger charge is -2.21. The molecule has 3 rings (SSSR count). The highest BCUT2D eigenvalue weighted by Gasteiger charge is 2.16. The molecule has 1 saturated heterocycles. The fraction of sp³-hybridized carbons (Fsp3) is 0.562. The zero-order valence-electron chi connectivity index (χ0n) is 12.1. The van der Waals surface area contributed by atoms with Gasteiger partial charge in [-0.2, -0.15) is 0 Å². The van der Waals surface area contributed by atoms with Crippen LogP contribution in [0.2, 0.25) is 0 Å². The lowest BCUT2D eigenvalue weighted by Crippen LogP contribution is -2.25. The van der Waals surface area contributed by atoms with Crippen molar-refractivity contribution in [2.45, 2.75) is 25.7 Å². The second kappa shape index (κ2) is 6.80. The van der Waals surface area contributed by atoms with Crippen molar-refractivity contribution < 1.29 is 19.0 Å². The van der Waals surface area contributed by atoms with Crippen LogP contribution < -0.4 is 14.8 Å². The highest BCUT2D eigenvalue weighted by molar-refractivity contribution is 5.94. The van der Waals surface area contributed by atoms with Crippen LogP contribution in [0.4, 0.5) is 0 Å². The van der Waals surface area contributed by atoms with Crippen LogP contribution in [0.1, 0.15) is 36.0 Å². The van der Waals surface area contributed by atoms with Crippen LogP contribution in [0.5, 0.6) is 11.5 Å². The lowest BCUT2D eigenvalue weighted by atomic mass is 9.95. The molecule has 0 bridgehead atoms. The van der Waals surface area contributed by atoms with E-state index in [2.05, 4.69) is 5.32 Å². The molecule has 114 valence electrons. The summed E-state index contributed by atoms with van der Waals surface area (Å²) in [5, 5.41) is 2.96. The van der Waals surface area contributed by atoms with Gasteiger partial charge in [-0.25, -0.2) is 0 Å². The van der Waals surface area contributed by atoms with E-state index in [-0.39, 0.29) is 12.7 Å². The fourth-order valence-corrected chi connectivity index (χ4v) is 2.77. The second-order valence-corrected chi connectivity index (χ2v) is 5.52. The largest absolute Gasteiger partial charge is 0.454 e. The van der Waals surface area contributed by atoms with E-state index in [1.54, 1.807) is 18.2 Å². The van der Waals surface area contributed by atoms with Gasteiger partial charge >= 0.3 is 0 Å². The maximum atomic E-state index is 12.1. The summed E-state index contributed by atoms with van der Waals surface area (Å²) in [5.74, 6) is 2.04. The van der Waals surface area contributed by atoms with E-state index in [1.807, 2.05) is 0 Å². The minimum absolute atomic E-state index is 0.0553. The molecule has 0 spiro atoms. The predicted molar refractivity (Wildman–Crippen MR) is 77.7 cm³/mol. The van der Waals surface area contributed by atoms with Gasteiger partial charge in [-0.3, -0.25) is 4.79 Å². The van der Waals surface area contributed by atoms with Crippen LogP contribution in [-0.4, -0.2) is 32.5 Å². The second-order valence-electron chi connectivity index (χ2n) is 5.52. The minimum Gasteiger partial charge on any atom is -0.454 e. The summed E-state index contributed by atoms with van der Waals surface area (Å²) in [5.41, 5.74) is 0.616. The number of fused-ring (bicyclic) bond motifs is 1. The van der Waals surface area contributed by atoms with Gasteiger partial charge in [0.2, 0.25) is 6.79 Å². The Kier molecular flexibility index (Phi) is 4.60. The van der Waals surface area contributed by atoms with Crippen molar-refractivity contribution in [1.29, 1.82) is 0 Å². The smallest absolute Gasteiger partial charge is 0.251 e. The van der Waals surface area contributed by atoms with Gasteiger partial charge < -0.3 is 19.5 Å². The van der Waals surface area contributed by atoms with Crippen LogP contribution in [0.15, 0.2) is 18.2 Å². The molecule has 0 radical (unpaired) electrons. The molecule has 1 fully saturated rings. The highest BCUT2D eigenvalue weighted by Crippen LogP contribution is 2.32. The molecule has 1 N–H and O–H groups in total. The molecule has 0 unspecified atom stereocenters. The maximum absolute atomic E-state index is 12.1. The summed E-state index contributed by atoms with van der Waals surface area (Å²) < 4.78 is 15.9. The van der Waals surface area contributed by atoms with Gasteiger partial charge in [0, 0.05) is 25.3 Å². The van der Waals surface area contributed by atoms with E-state index < -0.39 is 0 Å². The molecule has 2 aliphatic heterocycles. The summed E-state index contributed by atoms with van der Waals surface area (Å²) in [6, 6.07) is 5.27. The number of nitrogens with one attached hydrogen (secondary N) is 1. The summed E-state index contributed by atoms with van der Waals surface area (Å²) in [7, 11) is 0. The Bertz CT molecular complexity index is 497. The van der Waals surface area contributed by atoms with Gasteiger partial charge in [-0.15, -0.1) is 0 Å². The Balaban J connectivity index is 1.41. The topological polar surface area (TPSA) is 56.8 Å². The Hall–Kier alpha value is -1.75. The third kappa shape index (κ3) is 3.67. The predicted octanol–water partition coefficient (Wildman–Crippen LogP) is 2.35. The monoisotopic (exact) mass is 291 g/mol. The van der Waals surface area contributed by atoms with Gasteiger partial charge in [-0.1, -0.05) is 0 Å². The number of rotatable bonds is 5. The van der Waals surface area contributed by atoms with Crippen LogP contribution in [0.25, 0.3) is 0 Å². The first-order chi connectivity index (χ1) is 10.3. The van der Waals surface area contributed by atoms with Crippen LogP contribution in [0, 0.1) is 5.92 Å². The van der Waals surface area contributed by atoms with Crippen molar-refractivity contribution in [2.24, 2.45) is 5.92 Å². The number of benzene rings is 1. The zero-order chi connectivity index (χ0) is 14.5. The molecule has 5 nitrogen and oxygen atoms in total. The first-order valence-corrected chi connectivity index (χ1v) is 7.58. The first-order valence-electron chi connectivity index (χ1n) is 7.58. The molecule has 1 aromatic rings. The molecule has 2 heterocycles. The molecule has 0 atom stereocenters. The number of amides is 1. The molecule has 1 aromatic carbocycles. The van der Waals surface area contributed by atoms with Crippen LogP contribution >= 0.6 is 0 Å². The van der Waals surface area contributed by atoms with Gasteiger partial charge in [-0.05, 0) is 49.8 Å². The van der Waals surface area contributed by atoms with Crippen molar-refractivity contribution in [1.82, 2.24) is 5.32 Å². The molecule has 2 aliphatic rings. The highest BCUT2D eigenvalue weighted by atomic mass is 16.7. The molecule has 0 aliphatic carbocycles. The van der Waals surface area contributed by atoms with Crippen molar-refractivity contribution in [3.63, 3.8) is 0 Å². The maximum Gasteiger partial charge on any atom is 0.251 e. The van der Waals surface area contributed by atoms with E-state index in [0.717, 1.165) is 44.8 Å². The third-order valence-electron chi connectivity index (χ3n) is 4.05. The Morgan fingerprint density at radius 3 is 2.86 bits per heavy atom. The molecule has 0 saturated carbocycles. The average Bonchev–Trinajstić information content (AvgIpc) is 3.00. The third-order valence-corrected chi connectivity index (χ3v) is 4.05. The first kappa shape index (κ1) is 14.2. The summed E-state index contributed by atoms with van der Waals surface area (Å²) in [6.45, 7) is 2.71. The van der Waals surface area contributed by atoms with Gasteiger partial charge in [0.05, 0.1) is 0 Å². The van der Waals surface area contributed by atoms with Crippen LogP contribution in [0.3, 0.4) is 0 Å². The molecule has 5 heteroatoms. The lowest BCUT2D eigenvalue weighted by molar-refractivity contribution is 0.0631. The van der Waals surface area contributed by atoms with Gasteiger partial charge in [0.1, 0.15) is 0 Å². The van der Waals surface area contributed by atoms with E-state index in [1.165, 1.54) is 0 Å². The Morgan fingerprint density at radius 2 is 2.00 bits per heavy atom. The quantitative estimate of drug-likeness (QED) is 0.846. The zero-order valence-corrected chi connectivity index (χ0v) is 12.1. The van der Waals surface area contributed by atoms with E-state index in [4.69, 9.17) is 14.2 Å². The van der Waals surface area contributed by atoms with Gasteiger partial charge in [0.15, 0.2) is 11.5 Å². The standard InChI is InChI=1S/C16H21NO4/c18-16(13-3-4-14-15(10-13)21-11-20-14)17-7-1-2-12-5-8-19-9-6-12/h3-4,10,12H,1-2,5-9,11H2,(H,17,18). The normalized spacial score (nSPS) is 17.7. The molecule has 1 amide bonds. The van der Waals surface area contributed by atoms with E-state index in [0.29, 0.717) is 23.6 Å². The number of hydrogen-bond acceptors (Lipinski definition) is 4. The number of ether oxygens (including phenoxy) is 3. The molecular formula is C16H21NO4. The number of carbonyl (C=O) groups is 1. The van der Waals surface area contributed by atoms with Crippen molar-refractivity contribution in [2.75, 3.05) is 26.6 Å². The average molecular weight is 291 g/mol. The van der Waals surface area contributed by atoms with Crippen molar-refractivity contribution in [3.8, 4) is 11.5 Å². The minimum atomic E-state index is -0.0553. The van der Waals surface area contributed by atoms with Crippen LogP contribution in [-0.2, 0) is 4.74 Å². The van der Waals surface area contributed by atoms with Crippen molar-refractivity contribution >= 4 is 5.91 Å².